The number of para-hydroxylation sites is 1. The van der Waals surface area contributed by atoms with E-state index in [0.717, 1.165) is 17.3 Å². The molecule has 3 heterocycles. The second-order valence-corrected chi connectivity index (χ2v) is 7.67. The van der Waals surface area contributed by atoms with Gasteiger partial charge in [0.2, 0.25) is 5.91 Å². The number of nitrogens with zero attached hydrogens (tertiary/aromatic N) is 2. The van der Waals surface area contributed by atoms with E-state index in [1.165, 1.54) is 0 Å². The van der Waals surface area contributed by atoms with E-state index in [9.17, 15) is 14.4 Å². The molecule has 1 aromatic carbocycles. The molecule has 28 heavy (non-hydrogen) atoms. The molecule has 148 valence electrons. The fourth-order valence-electron chi connectivity index (χ4n) is 4.15. The van der Waals surface area contributed by atoms with Crippen LogP contribution in [0.2, 0.25) is 0 Å². The average molecular weight is 383 g/mol. The highest BCUT2D eigenvalue weighted by Crippen LogP contribution is 2.29. The lowest BCUT2D eigenvalue weighted by atomic mass is 9.91. The molecule has 0 saturated carbocycles. The van der Waals surface area contributed by atoms with E-state index in [1.54, 1.807) is 0 Å². The van der Waals surface area contributed by atoms with E-state index >= 15 is 0 Å². The summed E-state index contributed by atoms with van der Waals surface area (Å²) in [5.41, 5.74) is 1.12. The molecule has 1 aromatic heterocycles. The van der Waals surface area contributed by atoms with Crippen LogP contribution in [0.5, 0.6) is 0 Å². The van der Waals surface area contributed by atoms with Crippen molar-refractivity contribution in [3.05, 3.63) is 36.0 Å². The number of carbonyl (C=O) groups is 3. The van der Waals surface area contributed by atoms with E-state index in [0.29, 0.717) is 44.5 Å². The number of Topliss-reactive ketones (excluding diaryl/α,β-unsaturated/α-hetero) is 1. The molecule has 2 amide bonds. The van der Waals surface area contributed by atoms with Gasteiger partial charge in [0.1, 0.15) is 12.1 Å². The molecule has 0 bridgehead atoms. The quantitative estimate of drug-likeness (QED) is 0.805. The van der Waals surface area contributed by atoms with Crippen molar-refractivity contribution in [1.29, 1.82) is 0 Å². The van der Waals surface area contributed by atoms with Gasteiger partial charge in [0.25, 0.3) is 0 Å². The summed E-state index contributed by atoms with van der Waals surface area (Å²) in [4.78, 5) is 38.5. The van der Waals surface area contributed by atoms with E-state index < -0.39 is 5.60 Å². The number of aromatic nitrogens is 1. The van der Waals surface area contributed by atoms with Gasteiger partial charge < -0.3 is 19.5 Å². The second kappa shape index (κ2) is 7.30. The molecule has 0 radical (unpaired) electrons. The number of nitrogens with one attached hydrogen (secondary N) is 1. The first-order chi connectivity index (χ1) is 13.5. The van der Waals surface area contributed by atoms with E-state index in [4.69, 9.17) is 4.74 Å². The predicted octanol–water partition coefficient (Wildman–Crippen LogP) is 2.73. The minimum Gasteiger partial charge on any atom is -0.441 e. The number of ether oxygens (including phenoxy) is 1. The average Bonchev–Trinajstić information content (AvgIpc) is 3.24. The fraction of sp³-hybridized carbons (Fsp3) is 0.476. The monoisotopic (exact) mass is 383 g/mol. The third kappa shape index (κ3) is 3.37. The lowest BCUT2D eigenvalue weighted by molar-refractivity contribution is -0.135. The Hall–Kier alpha value is -2.83. The summed E-state index contributed by atoms with van der Waals surface area (Å²) in [5.74, 6) is 0.128. The number of benzene rings is 1. The van der Waals surface area contributed by atoms with Crippen molar-refractivity contribution >= 4 is 28.7 Å². The van der Waals surface area contributed by atoms with Crippen LogP contribution in [0.25, 0.3) is 10.9 Å². The molecule has 2 fully saturated rings. The molecule has 0 unspecified atom stereocenters. The van der Waals surface area contributed by atoms with Crippen LogP contribution < -0.4 is 5.32 Å². The summed E-state index contributed by atoms with van der Waals surface area (Å²) < 4.78 is 7.29. The molecule has 2 aliphatic rings. The lowest BCUT2D eigenvalue weighted by Crippen LogP contribution is -2.49. The van der Waals surface area contributed by atoms with Gasteiger partial charge in [0.15, 0.2) is 5.78 Å². The van der Waals surface area contributed by atoms with Gasteiger partial charge in [-0.05, 0) is 12.5 Å². The molecule has 7 heteroatoms. The number of amides is 2. The smallest absolute Gasteiger partial charge is 0.407 e. The Bertz CT molecular complexity index is 925. The first-order valence-electron chi connectivity index (χ1n) is 9.87. The maximum atomic E-state index is 12.9. The molecule has 1 N–H and O–H groups in total. The van der Waals surface area contributed by atoms with Gasteiger partial charge in [0, 0.05) is 55.0 Å². The normalized spacial score (nSPS) is 18.3. The molecule has 4 rings (SSSR count). The van der Waals surface area contributed by atoms with Gasteiger partial charge in [-0.3, -0.25) is 9.59 Å². The summed E-state index contributed by atoms with van der Waals surface area (Å²) in [5, 5.41) is 3.61. The van der Waals surface area contributed by atoms with Crippen LogP contribution in [-0.2, 0) is 16.1 Å². The van der Waals surface area contributed by atoms with E-state index in [-0.39, 0.29) is 24.3 Å². The number of hydrogen-bond donors (Lipinski definition) is 1. The van der Waals surface area contributed by atoms with Gasteiger partial charge in [-0.25, -0.2) is 4.79 Å². The predicted molar refractivity (Wildman–Crippen MR) is 104 cm³/mol. The van der Waals surface area contributed by atoms with Crippen molar-refractivity contribution in [2.24, 2.45) is 0 Å². The first-order valence-corrected chi connectivity index (χ1v) is 9.87. The van der Waals surface area contributed by atoms with Crippen molar-refractivity contribution in [2.75, 3.05) is 19.6 Å². The van der Waals surface area contributed by atoms with Gasteiger partial charge in [-0.15, -0.1) is 0 Å². The van der Waals surface area contributed by atoms with Crippen molar-refractivity contribution in [3.8, 4) is 0 Å². The Labute approximate surface area is 163 Å². The van der Waals surface area contributed by atoms with Crippen LogP contribution in [0, 0.1) is 0 Å². The zero-order valence-electron chi connectivity index (χ0n) is 16.1. The molecule has 1 spiro atoms. The molecule has 2 aliphatic heterocycles. The molecular weight excluding hydrogens is 358 g/mol. The Morgan fingerprint density at radius 1 is 1.21 bits per heavy atom. The molecule has 2 aromatic rings. The molecule has 2 saturated heterocycles. The summed E-state index contributed by atoms with van der Waals surface area (Å²) >= 11 is 0. The molecule has 0 aliphatic carbocycles. The number of alkyl carbamates (subject to hydrolysis) is 1. The number of likely N-dealkylation sites (tertiary alicyclic amines) is 1. The summed E-state index contributed by atoms with van der Waals surface area (Å²) in [7, 11) is 0. The van der Waals surface area contributed by atoms with Crippen molar-refractivity contribution in [3.63, 3.8) is 0 Å². The standard InChI is InChI=1S/C21H25N3O4/c1-2-5-18(25)16-12-24(17-7-4-3-6-15(16)17)13-19(26)23-10-8-21(9-11-23)14-22-20(27)28-21/h3-4,6-7,12H,2,5,8-11,13-14H2,1H3,(H,22,27). The maximum Gasteiger partial charge on any atom is 0.407 e. The SMILES string of the molecule is CCCC(=O)c1cn(CC(=O)N2CCC3(CC2)CNC(=O)O3)c2ccccc12. The first kappa shape index (κ1) is 18.5. The Morgan fingerprint density at radius 3 is 2.64 bits per heavy atom. The van der Waals surface area contributed by atoms with Gasteiger partial charge in [-0.1, -0.05) is 25.1 Å². The highest BCUT2D eigenvalue weighted by atomic mass is 16.6. The Kier molecular flexibility index (Phi) is 4.83. The lowest BCUT2D eigenvalue weighted by Gasteiger charge is -2.37. The minimum absolute atomic E-state index is 0.0161. The van der Waals surface area contributed by atoms with Crippen LogP contribution in [0.15, 0.2) is 30.5 Å². The number of rotatable bonds is 5. The van der Waals surface area contributed by atoms with Crippen molar-refractivity contribution in [1.82, 2.24) is 14.8 Å². The third-order valence-electron chi connectivity index (χ3n) is 5.76. The van der Waals surface area contributed by atoms with Crippen LogP contribution in [0.1, 0.15) is 43.0 Å². The molecular formula is C21H25N3O4. The van der Waals surface area contributed by atoms with E-state index in [1.807, 2.05) is 46.9 Å². The fourth-order valence-corrected chi connectivity index (χ4v) is 4.15. The number of ketones is 1. The third-order valence-corrected chi connectivity index (χ3v) is 5.76. The number of piperidine rings is 1. The number of fused-ring (bicyclic) bond motifs is 1. The second-order valence-electron chi connectivity index (χ2n) is 7.67. The molecule has 7 nitrogen and oxygen atoms in total. The van der Waals surface area contributed by atoms with Gasteiger partial charge in [-0.2, -0.15) is 0 Å². The Morgan fingerprint density at radius 2 is 1.96 bits per heavy atom. The largest absolute Gasteiger partial charge is 0.441 e. The highest BCUT2D eigenvalue weighted by Gasteiger charge is 2.43. The van der Waals surface area contributed by atoms with Gasteiger partial charge >= 0.3 is 6.09 Å². The van der Waals surface area contributed by atoms with Crippen molar-refractivity contribution < 1.29 is 19.1 Å². The number of hydrogen-bond acceptors (Lipinski definition) is 4. The number of carbonyl (C=O) groups excluding carboxylic acids is 3. The van der Waals surface area contributed by atoms with Gasteiger partial charge in [0.05, 0.1) is 6.54 Å². The highest BCUT2D eigenvalue weighted by molar-refractivity contribution is 6.08. The summed E-state index contributed by atoms with van der Waals surface area (Å²) in [6, 6.07) is 7.72. The minimum atomic E-state index is -0.465. The zero-order valence-corrected chi connectivity index (χ0v) is 16.1. The summed E-state index contributed by atoms with van der Waals surface area (Å²) in [6.45, 7) is 3.83. The van der Waals surface area contributed by atoms with E-state index in [2.05, 4.69) is 5.32 Å². The summed E-state index contributed by atoms with van der Waals surface area (Å²) in [6.07, 6.45) is 4.03. The van der Waals surface area contributed by atoms with Crippen LogP contribution >= 0.6 is 0 Å². The van der Waals surface area contributed by atoms with Crippen LogP contribution in [0.4, 0.5) is 4.79 Å². The van der Waals surface area contributed by atoms with Crippen molar-refractivity contribution in [2.45, 2.75) is 44.8 Å². The molecule has 0 atom stereocenters. The van der Waals surface area contributed by atoms with Crippen LogP contribution in [0.3, 0.4) is 0 Å². The maximum absolute atomic E-state index is 12.9. The van der Waals surface area contributed by atoms with Crippen LogP contribution in [-0.4, -0.2) is 52.5 Å². The Balaban J connectivity index is 1.48. The topological polar surface area (TPSA) is 80.6 Å². The zero-order chi connectivity index (χ0) is 19.7.